The van der Waals surface area contributed by atoms with Crippen LogP contribution in [0.25, 0.3) is 0 Å². The standard InChI is InChI=1S/C14H15N3O2/c1-10(13-7-15-9-17-13)6-16-14(19)12-5-3-2-4-11(12)8-18/h2-5,7-10H,6H2,1H3,(H,15,17)(H,16,19)/t10-/m1/s1. The second-order valence-corrected chi connectivity index (χ2v) is 4.32. The van der Waals surface area contributed by atoms with Gasteiger partial charge in [0.1, 0.15) is 0 Å². The number of amides is 1. The van der Waals surface area contributed by atoms with Crippen LogP contribution >= 0.6 is 0 Å². The summed E-state index contributed by atoms with van der Waals surface area (Å²) < 4.78 is 0. The van der Waals surface area contributed by atoms with Crippen LogP contribution in [0.2, 0.25) is 0 Å². The number of aromatic amines is 1. The Kier molecular flexibility index (Phi) is 4.07. The number of rotatable bonds is 5. The predicted octanol–water partition coefficient (Wildman–Crippen LogP) is 1.76. The summed E-state index contributed by atoms with van der Waals surface area (Å²) in [5.41, 5.74) is 1.76. The van der Waals surface area contributed by atoms with Crippen molar-refractivity contribution in [1.82, 2.24) is 15.3 Å². The molecule has 0 saturated carbocycles. The lowest BCUT2D eigenvalue weighted by atomic mass is 10.1. The summed E-state index contributed by atoms with van der Waals surface area (Å²) in [4.78, 5) is 29.8. The fraction of sp³-hybridized carbons (Fsp3) is 0.214. The first-order chi connectivity index (χ1) is 9.22. The van der Waals surface area contributed by atoms with E-state index >= 15 is 0 Å². The highest BCUT2D eigenvalue weighted by molar-refractivity contribution is 6.01. The molecule has 0 saturated heterocycles. The molecule has 5 heteroatoms. The van der Waals surface area contributed by atoms with Crippen LogP contribution in [0.5, 0.6) is 0 Å². The van der Waals surface area contributed by atoms with Crippen LogP contribution in [-0.4, -0.2) is 28.7 Å². The number of nitrogens with one attached hydrogen (secondary N) is 2. The average Bonchev–Trinajstić information content (AvgIpc) is 2.98. The zero-order valence-corrected chi connectivity index (χ0v) is 10.6. The maximum Gasteiger partial charge on any atom is 0.252 e. The summed E-state index contributed by atoms with van der Waals surface area (Å²) >= 11 is 0. The largest absolute Gasteiger partial charge is 0.351 e. The van der Waals surface area contributed by atoms with Gasteiger partial charge in [-0.2, -0.15) is 0 Å². The lowest BCUT2D eigenvalue weighted by Crippen LogP contribution is -2.28. The van der Waals surface area contributed by atoms with Gasteiger partial charge in [-0.25, -0.2) is 4.98 Å². The topological polar surface area (TPSA) is 74.8 Å². The maximum atomic E-state index is 12.0. The van der Waals surface area contributed by atoms with Crippen molar-refractivity contribution in [2.75, 3.05) is 6.54 Å². The number of aldehydes is 1. The molecule has 0 fully saturated rings. The summed E-state index contributed by atoms with van der Waals surface area (Å²) in [7, 11) is 0. The number of hydrogen-bond donors (Lipinski definition) is 2. The Labute approximate surface area is 111 Å². The molecule has 19 heavy (non-hydrogen) atoms. The Morgan fingerprint density at radius 1 is 1.47 bits per heavy atom. The minimum absolute atomic E-state index is 0.134. The first kappa shape index (κ1) is 13.0. The molecule has 1 amide bonds. The van der Waals surface area contributed by atoms with Gasteiger partial charge >= 0.3 is 0 Å². The van der Waals surface area contributed by atoms with E-state index < -0.39 is 0 Å². The number of benzene rings is 1. The van der Waals surface area contributed by atoms with Gasteiger partial charge in [0.2, 0.25) is 0 Å². The second kappa shape index (κ2) is 5.95. The van der Waals surface area contributed by atoms with E-state index in [1.807, 2.05) is 6.92 Å². The van der Waals surface area contributed by atoms with Crippen LogP contribution in [0.15, 0.2) is 36.8 Å². The zero-order valence-electron chi connectivity index (χ0n) is 10.6. The normalized spacial score (nSPS) is 11.8. The van der Waals surface area contributed by atoms with Gasteiger partial charge in [0.15, 0.2) is 6.29 Å². The van der Waals surface area contributed by atoms with Gasteiger partial charge in [-0.1, -0.05) is 25.1 Å². The van der Waals surface area contributed by atoms with Gasteiger partial charge in [-0.3, -0.25) is 9.59 Å². The van der Waals surface area contributed by atoms with E-state index in [-0.39, 0.29) is 11.8 Å². The molecule has 98 valence electrons. The molecule has 0 radical (unpaired) electrons. The van der Waals surface area contributed by atoms with E-state index in [0.29, 0.717) is 24.0 Å². The number of H-pyrrole nitrogens is 1. The minimum atomic E-state index is -0.242. The van der Waals surface area contributed by atoms with Gasteiger partial charge in [0.05, 0.1) is 6.33 Å². The van der Waals surface area contributed by atoms with Crippen molar-refractivity contribution in [2.24, 2.45) is 0 Å². The number of carbonyl (C=O) groups excluding carboxylic acids is 2. The fourth-order valence-electron chi connectivity index (χ4n) is 1.79. The Bertz CT molecular complexity index is 564. The molecule has 0 aliphatic carbocycles. The van der Waals surface area contributed by atoms with Crippen LogP contribution in [0.4, 0.5) is 0 Å². The number of aromatic nitrogens is 2. The Balaban J connectivity index is 2.00. The van der Waals surface area contributed by atoms with Gasteiger partial charge in [0, 0.05) is 35.5 Å². The summed E-state index contributed by atoms with van der Waals surface area (Å²) in [5.74, 6) is -0.107. The molecule has 1 heterocycles. The third kappa shape index (κ3) is 3.07. The summed E-state index contributed by atoms with van der Waals surface area (Å²) in [6.07, 6.45) is 4.03. The summed E-state index contributed by atoms with van der Waals surface area (Å²) in [5, 5.41) is 2.82. The van der Waals surface area contributed by atoms with E-state index in [4.69, 9.17) is 0 Å². The van der Waals surface area contributed by atoms with Crippen LogP contribution in [0.1, 0.15) is 39.3 Å². The number of carbonyl (C=O) groups is 2. The van der Waals surface area contributed by atoms with Gasteiger partial charge in [-0.15, -0.1) is 0 Å². The first-order valence-electron chi connectivity index (χ1n) is 6.03. The Morgan fingerprint density at radius 2 is 2.26 bits per heavy atom. The molecule has 1 aromatic carbocycles. The van der Waals surface area contributed by atoms with Crippen molar-refractivity contribution in [3.05, 3.63) is 53.6 Å². The van der Waals surface area contributed by atoms with E-state index in [1.165, 1.54) is 0 Å². The number of imidazole rings is 1. The van der Waals surface area contributed by atoms with Crippen molar-refractivity contribution in [1.29, 1.82) is 0 Å². The molecule has 2 aromatic rings. The second-order valence-electron chi connectivity index (χ2n) is 4.32. The lowest BCUT2D eigenvalue weighted by molar-refractivity contribution is 0.0946. The van der Waals surface area contributed by atoms with E-state index in [1.54, 1.807) is 36.8 Å². The third-order valence-electron chi connectivity index (χ3n) is 2.95. The van der Waals surface area contributed by atoms with E-state index in [2.05, 4.69) is 15.3 Å². The van der Waals surface area contributed by atoms with Gasteiger partial charge in [-0.05, 0) is 6.07 Å². The highest BCUT2D eigenvalue weighted by Gasteiger charge is 2.12. The fourth-order valence-corrected chi connectivity index (χ4v) is 1.79. The summed E-state index contributed by atoms with van der Waals surface area (Å²) in [6.45, 7) is 2.47. The van der Waals surface area contributed by atoms with Crippen LogP contribution < -0.4 is 5.32 Å². The van der Waals surface area contributed by atoms with Crippen molar-refractivity contribution in [3.63, 3.8) is 0 Å². The number of nitrogens with zero attached hydrogens (tertiary/aromatic N) is 1. The molecular formula is C14H15N3O2. The Morgan fingerprint density at radius 3 is 2.95 bits per heavy atom. The molecule has 2 rings (SSSR count). The maximum absolute atomic E-state index is 12.0. The highest BCUT2D eigenvalue weighted by Crippen LogP contribution is 2.11. The molecule has 5 nitrogen and oxygen atoms in total. The SMILES string of the molecule is C[C@H](CNC(=O)c1ccccc1C=O)c1cnc[nH]1. The average molecular weight is 257 g/mol. The molecular weight excluding hydrogens is 242 g/mol. The van der Waals surface area contributed by atoms with Crippen molar-refractivity contribution in [2.45, 2.75) is 12.8 Å². The van der Waals surface area contributed by atoms with Crippen molar-refractivity contribution >= 4 is 12.2 Å². The van der Waals surface area contributed by atoms with Gasteiger partial charge < -0.3 is 10.3 Å². The number of hydrogen-bond acceptors (Lipinski definition) is 3. The Hall–Kier alpha value is -2.43. The summed E-state index contributed by atoms with van der Waals surface area (Å²) in [6, 6.07) is 6.73. The smallest absolute Gasteiger partial charge is 0.252 e. The van der Waals surface area contributed by atoms with Crippen LogP contribution in [-0.2, 0) is 0 Å². The van der Waals surface area contributed by atoms with Crippen LogP contribution in [0.3, 0.4) is 0 Å². The molecule has 0 spiro atoms. The third-order valence-corrected chi connectivity index (χ3v) is 2.95. The molecule has 0 unspecified atom stereocenters. The molecule has 1 aromatic heterocycles. The lowest BCUT2D eigenvalue weighted by Gasteiger charge is -2.11. The first-order valence-corrected chi connectivity index (χ1v) is 6.03. The van der Waals surface area contributed by atoms with Gasteiger partial charge in [0.25, 0.3) is 5.91 Å². The zero-order chi connectivity index (χ0) is 13.7. The van der Waals surface area contributed by atoms with Crippen molar-refractivity contribution in [3.8, 4) is 0 Å². The monoisotopic (exact) mass is 257 g/mol. The highest BCUT2D eigenvalue weighted by atomic mass is 16.1. The van der Waals surface area contributed by atoms with E-state index in [9.17, 15) is 9.59 Å². The van der Waals surface area contributed by atoms with E-state index in [0.717, 1.165) is 5.69 Å². The van der Waals surface area contributed by atoms with Crippen LogP contribution in [0, 0.1) is 0 Å². The van der Waals surface area contributed by atoms with Crippen molar-refractivity contribution < 1.29 is 9.59 Å². The molecule has 2 N–H and O–H groups in total. The molecule has 0 bridgehead atoms. The molecule has 1 atom stereocenters. The predicted molar refractivity (Wildman–Crippen MR) is 71.2 cm³/mol. The molecule has 0 aliphatic heterocycles. The minimum Gasteiger partial charge on any atom is -0.351 e. The molecule has 0 aliphatic rings. The quantitative estimate of drug-likeness (QED) is 0.801.